The lowest BCUT2D eigenvalue weighted by molar-refractivity contribution is -0.124. The molecule has 2 N–H and O–H groups in total. The zero-order valence-electron chi connectivity index (χ0n) is 16.0. The average molecular weight is 387 g/mol. The van der Waals surface area contributed by atoms with E-state index in [9.17, 15) is 4.79 Å². The second kappa shape index (κ2) is 11.5. The third-order valence-electron chi connectivity index (χ3n) is 3.87. The van der Waals surface area contributed by atoms with Crippen LogP contribution in [0.4, 0.5) is 0 Å². The van der Waals surface area contributed by atoms with Crippen molar-refractivity contribution in [3.8, 4) is 23.0 Å². The predicted molar refractivity (Wildman–Crippen MR) is 105 cm³/mol. The van der Waals surface area contributed by atoms with Crippen molar-refractivity contribution < 1.29 is 28.9 Å². The lowest BCUT2D eigenvalue weighted by Gasteiger charge is -2.11. The monoisotopic (exact) mass is 387 g/mol. The van der Waals surface area contributed by atoms with Gasteiger partial charge >= 0.3 is 0 Å². The predicted octanol–water partition coefficient (Wildman–Crippen LogP) is 3.46. The van der Waals surface area contributed by atoms with E-state index >= 15 is 0 Å². The van der Waals surface area contributed by atoms with Gasteiger partial charge in [-0.15, -0.1) is 0 Å². The van der Waals surface area contributed by atoms with Crippen LogP contribution >= 0.6 is 0 Å². The molecule has 1 amide bonds. The Morgan fingerprint density at radius 1 is 0.929 bits per heavy atom. The summed E-state index contributed by atoms with van der Waals surface area (Å²) < 4.78 is 21.8. The molecule has 0 aliphatic rings. The van der Waals surface area contributed by atoms with E-state index in [4.69, 9.17) is 24.2 Å². The number of rotatable bonds is 11. The van der Waals surface area contributed by atoms with Crippen LogP contribution in [-0.2, 0) is 4.79 Å². The summed E-state index contributed by atoms with van der Waals surface area (Å²) in [4.78, 5) is 11.2. The molecule has 0 aromatic heterocycles. The normalized spacial score (nSPS) is 10.5. The number of hydrogen-bond donors (Lipinski definition) is 2. The first-order valence-electron chi connectivity index (χ1n) is 8.86. The lowest BCUT2D eigenvalue weighted by atomic mass is 10.1. The lowest BCUT2D eigenvalue weighted by Crippen LogP contribution is -2.14. The molecule has 28 heavy (non-hydrogen) atoms. The molecule has 7 heteroatoms. The summed E-state index contributed by atoms with van der Waals surface area (Å²) in [6.07, 6.45) is 4.41. The fourth-order valence-electron chi connectivity index (χ4n) is 2.36. The van der Waals surface area contributed by atoms with Gasteiger partial charge in [-0.2, -0.15) is 0 Å². The highest BCUT2D eigenvalue weighted by Crippen LogP contribution is 2.26. The number of hydroxylamine groups is 1. The van der Waals surface area contributed by atoms with Gasteiger partial charge in [-0.25, -0.2) is 5.48 Å². The van der Waals surface area contributed by atoms with Gasteiger partial charge in [0.1, 0.15) is 23.0 Å². The minimum absolute atomic E-state index is 0.492. The zero-order valence-corrected chi connectivity index (χ0v) is 16.0. The third kappa shape index (κ3) is 6.85. The summed E-state index contributed by atoms with van der Waals surface area (Å²) in [6, 6.07) is 12.7. The van der Waals surface area contributed by atoms with E-state index in [0.717, 1.165) is 24.3 Å². The summed E-state index contributed by atoms with van der Waals surface area (Å²) in [5.41, 5.74) is 2.26. The molecule has 7 nitrogen and oxygen atoms in total. The van der Waals surface area contributed by atoms with E-state index in [2.05, 4.69) is 0 Å². The third-order valence-corrected chi connectivity index (χ3v) is 3.87. The molecule has 2 rings (SSSR count). The second-order valence-corrected chi connectivity index (χ2v) is 5.79. The molecule has 2 aromatic rings. The number of methoxy groups -OCH3 is 2. The van der Waals surface area contributed by atoms with Crippen molar-refractivity contribution in [2.24, 2.45) is 0 Å². The molecule has 0 heterocycles. The Labute approximate surface area is 164 Å². The molecule has 150 valence electrons. The minimum atomic E-state index is -0.613. The first kappa shape index (κ1) is 21.1. The van der Waals surface area contributed by atoms with Gasteiger partial charge in [-0.05, 0) is 55.3 Å². The van der Waals surface area contributed by atoms with Crippen LogP contribution in [0, 0.1) is 0 Å². The van der Waals surface area contributed by atoms with Gasteiger partial charge in [0.05, 0.1) is 27.4 Å². The van der Waals surface area contributed by atoms with Crippen molar-refractivity contribution in [2.75, 3.05) is 27.4 Å². The molecule has 0 bridgehead atoms. The van der Waals surface area contributed by atoms with Crippen molar-refractivity contribution >= 4 is 12.0 Å². The number of ether oxygens (including phenoxy) is 4. The molecule has 0 radical (unpaired) electrons. The van der Waals surface area contributed by atoms with E-state index in [1.54, 1.807) is 44.0 Å². The molecule has 0 fully saturated rings. The van der Waals surface area contributed by atoms with Gasteiger partial charge < -0.3 is 18.9 Å². The van der Waals surface area contributed by atoms with Crippen LogP contribution in [0.15, 0.2) is 48.5 Å². The number of nitrogens with one attached hydrogen (secondary N) is 1. The molecule has 2 aromatic carbocycles. The molecule has 0 saturated heterocycles. The summed E-state index contributed by atoms with van der Waals surface area (Å²) >= 11 is 0. The largest absolute Gasteiger partial charge is 0.497 e. The Bertz CT molecular complexity index is 773. The highest BCUT2D eigenvalue weighted by atomic mass is 16.5. The summed E-state index contributed by atoms with van der Waals surface area (Å²) in [7, 11) is 3.20. The van der Waals surface area contributed by atoms with E-state index in [-0.39, 0.29) is 0 Å². The van der Waals surface area contributed by atoms with Crippen molar-refractivity contribution in [1.82, 2.24) is 5.48 Å². The minimum Gasteiger partial charge on any atom is -0.497 e. The van der Waals surface area contributed by atoms with Crippen LogP contribution in [-0.4, -0.2) is 38.5 Å². The standard InChI is InChI=1S/C21H25NO6/c1-25-17-8-10-18(11-9-17)27-13-3-4-14-28-20-15-19(26-2)7-5-16(20)6-12-21(23)22-24/h5-12,15,24H,3-4,13-14H2,1-2H3,(H,22,23)/b12-6+. The molecule has 0 aliphatic heterocycles. The van der Waals surface area contributed by atoms with Crippen LogP contribution in [0.1, 0.15) is 18.4 Å². The molecular formula is C21H25NO6. The van der Waals surface area contributed by atoms with Crippen LogP contribution in [0.3, 0.4) is 0 Å². The smallest absolute Gasteiger partial charge is 0.267 e. The Morgan fingerprint density at radius 2 is 1.54 bits per heavy atom. The van der Waals surface area contributed by atoms with Crippen LogP contribution in [0.5, 0.6) is 23.0 Å². The summed E-state index contributed by atoms with van der Waals surface area (Å²) in [5.74, 6) is 2.22. The van der Waals surface area contributed by atoms with Gasteiger partial charge in [0.25, 0.3) is 5.91 Å². The van der Waals surface area contributed by atoms with Crippen molar-refractivity contribution in [3.63, 3.8) is 0 Å². The van der Waals surface area contributed by atoms with E-state index in [0.29, 0.717) is 30.3 Å². The highest BCUT2D eigenvalue weighted by molar-refractivity contribution is 5.91. The topological polar surface area (TPSA) is 86.2 Å². The molecule has 0 saturated carbocycles. The number of hydrogen-bond acceptors (Lipinski definition) is 6. The van der Waals surface area contributed by atoms with Crippen molar-refractivity contribution in [3.05, 3.63) is 54.1 Å². The number of benzene rings is 2. The maximum atomic E-state index is 11.2. The van der Waals surface area contributed by atoms with Crippen LogP contribution in [0.2, 0.25) is 0 Å². The number of carbonyl (C=O) groups excluding carboxylic acids is 1. The number of unbranched alkanes of at least 4 members (excludes halogenated alkanes) is 1. The Morgan fingerprint density at radius 3 is 2.18 bits per heavy atom. The fourth-order valence-corrected chi connectivity index (χ4v) is 2.36. The first-order valence-corrected chi connectivity index (χ1v) is 8.86. The van der Waals surface area contributed by atoms with Gasteiger partial charge in [0, 0.05) is 17.7 Å². The van der Waals surface area contributed by atoms with E-state index < -0.39 is 5.91 Å². The van der Waals surface area contributed by atoms with Gasteiger partial charge in [-0.1, -0.05) is 0 Å². The number of amides is 1. The first-order chi connectivity index (χ1) is 13.7. The molecular weight excluding hydrogens is 362 g/mol. The van der Waals surface area contributed by atoms with Crippen molar-refractivity contribution in [2.45, 2.75) is 12.8 Å². The molecule has 0 unspecified atom stereocenters. The van der Waals surface area contributed by atoms with Crippen molar-refractivity contribution in [1.29, 1.82) is 0 Å². The van der Waals surface area contributed by atoms with Gasteiger partial charge in [-0.3, -0.25) is 10.0 Å². The SMILES string of the molecule is COc1ccc(OCCCCOc2cc(OC)ccc2/C=C/C(=O)NO)cc1. The Hall–Kier alpha value is -3.19. The average Bonchev–Trinajstić information content (AvgIpc) is 2.75. The maximum Gasteiger partial charge on any atom is 0.267 e. The second-order valence-electron chi connectivity index (χ2n) is 5.79. The summed E-state index contributed by atoms with van der Waals surface area (Å²) in [6.45, 7) is 1.07. The Kier molecular flexibility index (Phi) is 8.68. The molecule has 0 aliphatic carbocycles. The summed E-state index contributed by atoms with van der Waals surface area (Å²) in [5, 5.41) is 8.58. The quantitative estimate of drug-likeness (QED) is 0.266. The van der Waals surface area contributed by atoms with Crippen LogP contribution < -0.4 is 24.4 Å². The molecule has 0 atom stereocenters. The highest BCUT2D eigenvalue weighted by Gasteiger charge is 2.05. The maximum absolute atomic E-state index is 11.2. The molecule has 0 spiro atoms. The number of carbonyl (C=O) groups is 1. The van der Waals surface area contributed by atoms with Crippen LogP contribution in [0.25, 0.3) is 6.08 Å². The Balaban J connectivity index is 1.80. The van der Waals surface area contributed by atoms with Gasteiger partial charge in [0.15, 0.2) is 0 Å². The van der Waals surface area contributed by atoms with Gasteiger partial charge in [0.2, 0.25) is 0 Å². The van der Waals surface area contributed by atoms with E-state index in [1.807, 2.05) is 24.3 Å². The zero-order chi connectivity index (χ0) is 20.2. The van der Waals surface area contributed by atoms with E-state index in [1.165, 1.54) is 6.08 Å². The fraction of sp³-hybridized carbons (Fsp3) is 0.286.